The molecular weight excluding hydrogens is 432 g/mol. The highest BCUT2D eigenvalue weighted by atomic mass is 35.5. The number of thiophene rings is 1. The smallest absolute Gasteiger partial charge is 0.194 e. The Labute approximate surface area is 189 Å². The first-order valence-corrected chi connectivity index (χ1v) is 11.8. The third-order valence-corrected chi connectivity index (χ3v) is 8.46. The first kappa shape index (κ1) is 19.4. The second kappa shape index (κ2) is 7.12. The van der Waals surface area contributed by atoms with Crippen LogP contribution >= 0.6 is 22.9 Å². The maximum atomic E-state index is 10.5. The quantitative estimate of drug-likeness (QED) is 0.521. The molecule has 3 atom stereocenters. The Morgan fingerprint density at radius 1 is 1.26 bits per heavy atom. The van der Waals surface area contributed by atoms with E-state index in [-0.39, 0.29) is 23.9 Å². The molecule has 0 unspecified atom stereocenters. The van der Waals surface area contributed by atoms with Crippen molar-refractivity contribution in [3.8, 4) is 11.5 Å². The molecule has 3 aliphatic rings. The van der Waals surface area contributed by atoms with Gasteiger partial charge in [0.2, 0.25) is 0 Å². The lowest BCUT2D eigenvalue weighted by molar-refractivity contribution is -0.0855. The summed E-state index contributed by atoms with van der Waals surface area (Å²) in [5, 5.41) is 16.8. The monoisotopic (exact) mass is 454 g/mol. The lowest BCUT2D eigenvalue weighted by Gasteiger charge is -2.43. The van der Waals surface area contributed by atoms with E-state index in [2.05, 4.69) is 28.3 Å². The first-order chi connectivity index (χ1) is 15.1. The molecule has 0 saturated heterocycles. The molecule has 0 amide bonds. The fourth-order valence-electron chi connectivity index (χ4n) is 5.18. The minimum absolute atomic E-state index is 0.0186. The number of ether oxygens (including phenoxy) is 1. The number of halogens is 1. The molecule has 7 heteroatoms. The predicted octanol–water partition coefficient (Wildman–Crippen LogP) is 6.05. The summed E-state index contributed by atoms with van der Waals surface area (Å²) in [6, 6.07) is 12.3. The number of rotatable bonds is 4. The zero-order chi connectivity index (χ0) is 21.3. The van der Waals surface area contributed by atoms with Crippen LogP contribution in [0.25, 0.3) is 10.1 Å². The summed E-state index contributed by atoms with van der Waals surface area (Å²) in [6.07, 6.45) is 2.16. The van der Waals surface area contributed by atoms with Crippen molar-refractivity contribution >= 4 is 38.7 Å². The van der Waals surface area contributed by atoms with Crippen LogP contribution in [-0.2, 0) is 11.4 Å². The van der Waals surface area contributed by atoms with Crippen molar-refractivity contribution < 1.29 is 14.7 Å². The van der Waals surface area contributed by atoms with Gasteiger partial charge in [-0.05, 0) is 55.0 Å². The molecule has 1 saturated carbocycles. The number of hydrogen-bond acceptors (Lipinski definition) is 6. The van der Waals surface area contributed by atoms with Crippen LogP contribution < -0.4 is 4.74 Å². The third-order valence-electron chi connectivity index (χ3n) is 6.76. The molecule has 31 heavy (non-hydrogen) atoms. The highest BCUT2D eigenvalue weighted by molar-refractivity contribution is 7.19. The van der Waals surface area contributed by atoms with Crippen molar-refractivity contribution in [3.63, 3.8) is 0 Å². The minimum atomic E-state index is -0.202. The molecule has 0 spiro atoms. The number of phenolic OH excluding ortho intramolecular Hbond substituents is 1. The molecule has 6 rings (SSSR count). The molecule has 2 aromatic carbocycles. The third kappa shape index (κ3) is 2.96. The normalized spacial score (nSPS) is 25.1. The average Bonchev–Trinajstić information content (AvgIpc) is 3.46. The van der Waals surface area contributed by atoms with Gasteiger partial charge in [0.15, 0.2) is 17.7 Å². The minimum Gasteiger partial charge on any atom is -0.504 e. The van der Waals surface area contributed by atoms with Crippen LogP contribution in [0.1, 0.15) is 47.7 Å². The number of oxime groups is 1. The fraction of sp³-hybridized carbons (Fsp3) is 0.375. The lowest BCUT2D eigenvalue weighted by Crippen LogP contribution is -2.46. The van der Waals surface area contributed by atoms with Gasteiger partial charge < -0.3 is 14.7 Å². The van der Waals surface area contributed by atoms with Gasteiger partial charge in [-0.2, -0.15) is 0 Å². The van der Waals surface area contributed by atoms with Crippen LogP contribution in [0.2, 0.25) is 5.02 Å². The summed E-state index contributed by atoms with van der Waals surface area (Å²) in [4.78, 5) is 9.57. The van der Waals surface area contributed by atoms with Crippen molar-refractivity contribution in [2.75, 3.05) is 7.11 Å². The summed E-state index contributed by atoms with van der Waals surface area (Å²) in [7, 11) is 1.60. The number of nitrogens with zero attached hydrogens (tertiary/aromatic N) is 2. The number of fused-ring (bicyclic) bond motifs is 4. The van der Waals surface area contributed by atoms with Crippen molar-refractivity contribution in [2.24, 2.45) is 11.1 Å². The van der Waals surface area contributed by atoms with Gasteiger partial charge in [0.05, 0.1) is 23.8 Å². The van der Waals surface area contributed by atoms with Gasteiger partial charge in [0, 0.05) is 27.5 Å². The molecule has 3 heterocycles. The summed E-state index contributed by atoms with van der Waals surface area (Å²) in [5.41, 5.74) is 3.23. The zero-order valence-corrected chi connectivity index (χ0v) is 18.9. The Hall–Kier alpha value is -2.28. The van der Waals surface area contributed by atoms with Crippen LogP contribution in [0.15, 0.2) is 41.6 Å². The molecular formula is C24H23ClN2O3S. The Bertz CT molecular complexity index is 1220. The summed E-state index contributed by atoms with van der Waals surface area (Å²) in [6.45, 7) is 2.70. The van der Waals surface area contributed by atoms with E-state index in [1.165, 1.54) is 23.1 Å². The van der Waals surface area contributed by atoms with Gasteiger partial charge in [0.25, 0.3) is 0 Å². The van der Waals surface area contributed by atoms with Crippen molar-refractivity contribution in [3.05, 3.63) is 57.4 Å². The van der Waals surface area contributed by atoms with Crippen LogP contribution in [-0.4, -0.2) is 29.1 Å². The topological polar surface area (TPSA) is 54.3 Å². The maximum absolute atomic E-state index is 10.5. The van der Waals surface area contributed by atoms with Crippen molar-refractivity contribution in [1.29, 1.82) is 0 Å². The van der Waals surface area contributed by atoms with E-state index < -0.39 is 0 Å². The van der Waals surface area contributed by atoms with E-state index in [1.54, 1.807) is 18.4 Å². The van der Waals surface area contributed by atoms with Crippen LogP contribution in [0.3, 0.4) is 0 Å². The van der Waals surface area contributed by atoms with Gasteiger partial charge in [-0.15, -0.1) is 11.3 Å². The van der Waals surface area contributed by atoms with Gasteiger partial charge in [-0.1, -0.05) is 35.0 Å². The molecule has 1 aliphatic carbocycles. The van der Waals surface area contributed by atoms with Gasteiger partial charge in [0.1, 0.15) is 0 Å². The molecule has 160 valence electrons. The summed E-state index contributed by atoms with van der Waals surface area (Å²) < 4.78 is 6.66. The van der Waals surface area contributed by atoms with Gasteiger partial charge in [-0.25, -0.2) is 0 Å². The van der Waals surface area contributed by atoms with E-state index in [1.807, 2.05) is 25.1 Å². The zero-order valence-electron chi connectivity index (χ0n) is 17.3. The van der Waals surface area contributed by atoms with Crippen LogP contribution in [0, 0.1) is 5.92 Å². The largest absolute Gasteiger partial charge is 0.504 e. The van der Waals surface area contributed by atoms with E-state index in [4.69, 9.17) is 21.2 Å². The molecule has 1 aromatic heterocycles. The van der Waals surface area contributed by atoms with Crippen molar-refractivity contribution in [2.45, 2.75) is 44.5 Å². The summed E-state index contributed by atoms with van der Waals surface area (Å²) in [5.74, 6) is 1.20. The molecule has 3 aromatic rings. The van der Waals surface area contributed by atoms with Gasteiger partial charge >= 0.3 is 0 Å². The number of phenols is 1. The fourth-order valence-corrected chi connectivity index (χ4v) is 6.68. The van der Waals surface area contributed by atoms with Crippen LogP contribution in [0.5, 0.6) is 11.5 Å². The first-order valence-electron chi connectivity index (χ1n) is 10.6. The number of benzene rings is 2. The SMILES string of the molecule is COc1cc2c(cc1O)[C@H]1C(C)=NO[C@H]1N(Cc1sc3ccccc3c1Cl)[C@@H]2C1CC1. The molecule has 0 bridgehead atoms. The van der Waals surface area contributed by atoms with E-state index in [0.717, 1.165) is 26.6 Å². The molecule has 2 aliphatic heterocycles. The second-order valence-electron chi connectivity index (χ2n) is 8.65. The number of methoxy groups -OCH3 is 1. The highest BCUT2D eigenvalue weighted by Gasteiger charge is 2.51. The van der Waals surface area contributed by atoms with E-state index in [9.17, 15) is 5.11 Å². The Balaban J connectivity index is 1.49. The lowest BCUT2D eigenvalue weighted by atomic mass is 9.80. The Morgan fingerprint density at radius 2 is 2.06 bits per heavy atom. The standard InChI is InChI=1S/C24H23ClN2O3S/c1-12-21-15-9-17(28)18(29-2)10-16(15)23(13-7-8-13)27(24(21)30-26-12)11-20-22(25)14-5-3-4-6-19(14)31-20/h3-6,9-10,13,21,23-24,28H,7-8,11H2,1-2H3/t21-,23-,24-/m1/s1. The molecule has 1 N–H and O–H groups in total. The van der Waals surface area contributed by atoms with E-state index >= 15 is 0 Å². The Morgan fingerprint density at radius 3 is 2.81 bits per heavy atom. The average molecular weight is 455 g/mol. The molecule has 0 radical (unpaired) electrons. The molecule has 1 fully saturated rings. The van der Waals surface area contributed by atoms with Gasteiger partial charge in [-0.3, -0.25) is 4.90 Å². The van der Waals surface area contributed by atoms with Crippen molar-refractivity contribution in [1.82, 2.24) is 4.90 Å². The molecule has 5 nitrogen and oxygen atoms in total. The van der Waals surface area contributed by atoms with E-state index in [0.29, 0.717) is 18.2 Å². The Kier molecular flexibility index (Phi) is 4.46. The summed E-state index contributed by atoms with van der Waals surface area (Å²) >= 11 is 8.57. The maximum Gasteiger partial charge on any atom is 0.194 e. The number of hydrogen-bond donors (Lipinski definition) is 1. The second-order valence-corrected chi connectivity index (χ2v) is 10.2. The predicted molar refractivity (Wildman–Crippen MR) is 123 cm³/mol. The highest BCUT2D eigenvalue weighted by Crippen LogP contribution is 2.55. The van der Waals surface area contributed by atoms with Crippen LogP contribution in [0.4, 0.5) is 0 Å². The number of aromatic hydroxyl groups is 1.